The quantitative estimate of drug-likeness (QED) is 0.769. The van der Waals surface area contributed by atoms with E-state index in [0.29, 0.717) is 12.2 Å². The molecule has 0 aliphatic heterocycles. The minimum Gasteiger partial charge on any atom is -0.367 e. The number of hydrogen-bond acceptors (Lipinski definition) is 2. The van der Waals surface area contributed by atoms with Crippen LogP contribution in [0.5, 0.6) is 0 Å². The molecule has 0 saturated heterocycles. The lowest BCUT2D eigenvalue weighted by Crippen LogP contribution is -2.25. The second kappa shape index (κ2) is 5.79. The number of rotatable bonds is 4. The van der Waals surface area contributed by atoms with Gasteiger partial charge in [-0.2, -0.15) is 0 Å². The molecule has 1 aromatic carbocycles. The molecule has 0 aliphatic carbocycles. The number of nitrogens with one attached hydrogen (secondary N) is 2. The van der Waals surface area contributed by atoms with Crippen molar-refractivity contribution in [1.82, 2.24) is 15.3 Å². The van der Waals surface area contributed by atoms with Gasteiger partial charge < -0.3 is 10.3 Å². The summed E-state index contributed by atoms with van der Waals surface area (Å²) in [6.07, 6.45) is 4.65. The van der Waals surface area contributed by atoms with Gasteiger partial charge >= 0.3 is 0 Å². The third-order valence-electron chi connectivity index (χ3n) is 3.38. The van der Waals surface area contributed by atoms with Gasteiger partial charge in [0, 0.05) is 29.9 Å². The van der Waals surface area contributed by atoms with E-state index in [1.54, 1.807) is 0 Å². The largest absolute Gasteiger partial charge is 0.367 e. The van der Waals surface area contributed by atoms with Crippen LogP contribution in [0.15, 0.2) is 48.8 Å². The van der Waals surface area contributed by atoms with Gasteiger partial charge in [-0.25, -0.2) is 4.98 Å². The molecule has 4 nitrogen and oxygen atoms in total. The van der Waals surface area contributed by atoms with Crippen molar-refractivity contribution in [1.29, 1.82) is 0 Å². The summed E-state index contributed by atoms with van der Waals surface area (Å²) in [6, 6.07) is 11.8. The van der Waals surface area contributed by atoms with Gasteiger partial charge in [0.15, 0.2) is 0 Å². The van der Waals surface area contributed by atoms with Crippen molar-refractivity contribution in [2.75, 3.05) is 6.54 Å². The second-order valence-electron chi connectivity index (χ2n) is 4.93. The third kappa shape index (κ3) is 2.65. The molecule has 3 aromatic rings. The molecule has 0 fully saturated rings. The standard InChI is InChI=1S/C17H17N3O/c1-2-8-19-17(21)15-10-12-5-3-4-6-14(12)16(20-15)13-7-9-18-11-13/h3-7,9-11,18H,2,8H2,1H3,(H,19,21). The Morgan fingerprint density at radius 3 is 2.90 bits per heavy atom. The third-order valence-corrected chi connectivity index (χ3v) is 3.38. The normalized spacial score (nSPS) is 10.7. The molecule has 0 bridgehead atoms. The van der Waals surface area contributed by atoms with Crippen molar-refractivity contribution in [3.05, 3.63) is 54.5 Å². The highest BCUT2D eigenvalue weighted by Gasteiger charge is 2.13. The monoisotopic (exact) mass is 279 g/mol. The minimum absolute atomic E-state index is 0.126. The van der Waals surface area contributed by atoms with Crippen LogP contribution in [0, 0.1) is 0 Å². The Hall–Kier alpha value is -2.62. The highest BCUT2D eigenvalue weighted by atomic mass is 16.1. The number of hydrogen-bond donors (Lipinski definition) is 2. The maximum absolute atomic E-state index is 12.2. The molecule has 0 spiro atoms. The number of pyridine rings is 1. The van der Waals surface area contributed by atoms with Crippen LogP contribution in [0.4, 0.5) is 0 Å². The van der Waals surface area contributed by atoms with Crippen LogP contribution < -0.4 is 5.32 Å². The first-order valence-corrected chi connectivity index (χ1v) is 7.10. The summed E-state index contributed by atoms with van der Waals surface area (Å²) in [4.78, 5) is 19.8. The summed E-state index contributed by atoms with van der Waals surface area (Å²) in [5.74, 6) is -0.126. The molecule has 106 valence electrons. The van der Waals surface area contributed by atoms with Gasteiger partial charge in [0.25, 0.3) is 5.91 Å². The van der Waals surface area contributed by atoms with Crippen molar-refractivity contribution in [3.8, 4) is 11.3 Å². The van der Waals surface area contributed by atoms with Crippen molar-refractivity contribution in [3.63, 3.8) is 0 Å². The molecular formula is C17H17N3O. The highest BCUT2D eigenvalue weighted by molar-refractivity contribution is 6.01. The van der Waals surface area contributed by atoms with Gasteiger partial charge in [-0.15, -0.1) is 0 Å². The van der Waals surface area contributed by atoms with Crippen molar-refractivity contribution < 1.29 is 4.79 Å². The molecule has 0 atom stereocenters. The number of nitrogens with zero attached hydrogens (tertiary/aromatic N) is 1. The predicted octanol–water partition coefficient (Wildman–Crippen LogP) is 3.37. The fraction of sp³-hybridized carbons (Fsp3) is 0.176. The van der Waals surface area contributed by atoms with E-state index in [1.165, 1.54) is 0 Å². The number of benzene rings is 1. The fourth-order valence-electron chi connectivity index (χ4n) is 2.34. The van der Waals surface area contributed by atoms with E-state index >= 15 is 0 Å². The average molecular weight is 279 g/mol. The molecule has 3 rings (SSSR count). The van der Waals surface area contributed by atoms with E-state index in [2.05, 4.69) is 15.3 Å². The Morgan fingerprint density at radius 1 is 1.29 bits per heavy atom. The molecular weight excluding hydrogens is 262 g/mol. The van der Waals surface area contributed by atoms with Crippen LogP contribution in [-0.2, 0) is 0 Å². The van der Waals surface area contributed by atoms with Crippen molar-refractivity contribution in [2.24, 2.45) is 0 Å². The molecule has 0 saturated carbocycles. The first kappa shape index (κ1) is 13.4. The Labute approximate surface area is 123 Å². The minimum atomic E-state index is -0.126. The zero-order valence-electron chi connectivity index (χ0n) is 11.9. The maximum atomic E-state index is 12.2. The second-order valence-corrected chi connectivity index (χ2v) is 4.93. The molecule has 0 unspecified atom stereocenters. The van der Waals surface area contributed by atoms with E-state index < -0.39 is 0 Å². The summed E-state index contributed by atoms with van der Waals surface area (Å²) in [7, 11) is 0. The van der Waals surface area contributed by atoms with Gasteiger partial charge in [0.2, 0.25) is 0 Å². The smallest absolute Gasteiger partial charge is 0.269 e. The number of fused-ring (bicyclic) bond motifs is 1. The first-order valence-electron chi connectivity index (χ1n) is 7.10. The van der Waals surface area contributed by atoms with Crippen molar-refractivity contribution >= 4 is 16.7 Å². The number of carbonyl (C=O) groups excluding carboxylic acids is 1. The lowest BCUT2D eigenvalue weighted by Gasteiger charge is -2.08. The Morgan fingerprint density at radius 2 is 2.14 bits per heavy atom. The molecule has 0 radical (unpaired) electrons. The van der Waals surface area contributed by atoms with E-state index in [0.717, 1.165) is 28.5 Å². The summed E-state index contributed by atoms with van der Waals surface area (Å²) < 4.78 is 0. The van der Waals surface area contributed by atoms with E-state index in [-0.39, 0.29) is 5.91 Å². The SMILES string of the molecule is CCCNC(=O)c1cc2ccccc2c(-c2cc[nH]c2)n1. The van der Waals surface area contributed by atoms with E-state index in [9.17, 15) is 4.79 Å². The number of H-pyrrole nitrogens is 1. The zero-order valence-corrected chi connectivity index (χ0v) is 11.9. The fourth-order valence-corrected chi connectivity index (χ4v) is 2.34. The maximum Gasteiger partial charge on any atom is 0.269 e. The van der Waals surface area contributed by atoms with Crippen LogP contribution in [0.2, 0.25) is 0 Å². The van der Waals surface area contributed by atoms with Crippen LogP contribution >= 0.6 is 0 Å². The molecule has 2 aromatic heterocycles. The topological polar surface area (TPSA) is 57.8 Å². The molecule has 2 heterocycles. The lowest BCUT2D eigenvalue weighted by molar-refractivity contribution is 0.0949. The van der Waals surface area contributed by atoms with Crippen LogP contribution in [0.3, 0.4) is 0 Å². The first-order chi connectivity index (χ1) is 10.3. The van der Waals surface area contributed by atoms with E-state index in [1.807, 2.05) is 55.7 Å². The van der Waals surface area contributed by atoms with Crippen molar-refractivity contribution in [2.45, 2.75) is 13.3 Å². The van der Waals surface area contributed by atoms with Crippen LogP contribution in [0.1, 0.15) is 23.8 Å². The molecule has 2 N–H and O–H groups in total. The molecule has 1 amide bonds. The number of aromatic amines is 1. The van der Waals surface area contributed by atoms with Gasteiger partial charge in [0.05, 0.1) is 5.69 Å². The Bertz CT molecular complexity index is 763. The summed E-state index contributed by atoms with van der Waals surface area (Å²) in [5.41, 5.74) is 2.27. The summed E-state index contributed by atoms with van der Waals surface area (Å²) in [6.45, 7) is 2.69. The Kier molecular flexibility index (Phi) is 3.69. The van der Waals surface area contributed by atoms with Crippen LogP contribution in [-0.4, -0.2) is 22.4 Å². The lowest BCUT2D eigenvalue weighted by atomic mass is 10.0. The van der Waals surface area contributed by atoms with Gasteiger partial charge in [0.1, 0.15) is 5.69 Å². The average Bonchev–Trinajstić information content (AvgIpc) is 3.05. The van der Waals surface area contributed by atoms with Crippen LogP contribution in [0.25, 0.3) is 22.0 Å². The molecule has 4 heteroatoms. The summed E-state index contributed by atoms with van der Waals surface area (Å²) >= 11 is 0. The predicted molar refractivity (Wildman–Crippen MR) is 84.2 cm³/mol. The number of amides is 1. The highest BCUT2D eigenvalue weighted by Crippen LogP contribution is 2.27. The van der Waals surface area contributed by atoms with Gasteiger partial charge in [-0.3, -0.25) is 4.79 Å². The molecule has 21 heavy (non-hydrogen) atoms. The molecule has 0 aliphatic rings. The Balaban J connectivity index is 2.13. The number of carbonyl (C=O) groups is 1. The van der Waals surface area contributed by atoms with E-state index in [4.69, 9.17) is 0 Å². The summed E-state index contributed by atoms with van der Waals surface area (Å²) in [5, 5.41) is 4.94. The van der Waals surface area contributed by atoms with Gasteiger partial charge in [-0.1, -0.05) is 31.2 Å². The zero-order chi connectivity index (χ0) is 14.7. The number of aromatic nitrogens is 2. The van der Waals surface area contributed by atoms with Gasteiger partial charge in [-0.05, 0) is 23.9 Å².